The van der Waals surface area contributed by atoms with Gasteiger partial charge in [-0.15, -0.1) is 0 Å². The van der Waals surface area contributed by atoms with Gasteiger partial charge < -0.3 is 24.8 Å². The number of benzene rings is 1. The maximum atomic E-state index is 10.5. The minimum absolute atomic E-state index is 0.272. The van der Waals surface area contributed by atoms with E-state index in [0.717, 1.165) is 43.9 Å². The molecule has 3 rings (SSSR count). The van der Waals surface area contributed by atoms with Crippen molar-refractivity contribution in [2.45, 2.75) is 51.2 Å². The van der Waals surface area contributed by atoms with E-state index < -0.39 is 6.10 Å². The fourth-order valence-electron chi connectivity index (χ4n) is 3.97. The third kappa shape index (κ3) is 8.48. The average Bonchev–Trinajstić information content (AvgIpc) is 2.78. The number of nitrogens with one attached hydrogen (secondary N) is 1. The number of pyridine rings is 1. The SMILES string of the molecule is COc1cc(CNCCc2ccccn2)ccc1OCC(O)CN1CCCCCCC1. The lowest BCUT2D eigenvalue weighted by molar-refractivity contribution is 0.0645. The molecule has 1 fully saturated rings. The summed E-state index contributed by atoms with van der Waals surface area (Å²) in [5.74, 6) is 1.37. The Bertz CT molecular complexity index is 749. The molecular formula is C25H37N3O3. The molecule has 0 radical (unpaired) electrons. The molecule has 2 heterocycles. The van der Waals surface area contributed by atoms with Crippen LogP contribution in [0.25, 0.3) is 0 Å². The zero-order valence-corrected chi connectivity index (χ0v) is 18.8. The number of hydrogen-bond donors (Lipinski definition) is 2. The molecule has 1 aliphatic heterocycles. The largest absolute Gasteiger partial charge is 0.493 e. The highest BCUT2D eigenvalue weighted by molar-refractivity contribution is 5.43. The Morgan fingerprint density at radius 1 is 1.06 bits per heavy atom. The summed E-state index contributed by atoms with van der Waals surface area (Å²) in [5, 5.41) is 13.9. The lowest BCUT2D eigenvalue weighted by Crippen LogP contribution is -2.37. The third-order valence-corrected chi connectivity index (χ3v) is 5.69. The Morgan fingerprint density at radius 2 is 1.87 bits per heavy atom. The number of methoxy groups -OCH3 is 1. The molecule has 2 aromatic rings. The first-order valence-corrected chi connectivity index (χ1v) is 11.6. The molecular weight excluding hydrogens is 390 g/mol. The van der Waals surface area contributed by atoms with E-state index in [-0.39, 0.29) is 6.61 Å². The summed E-state index contributed by atoms with van der Waals surface area (Å²) >= 11 is 0. The minimum Gasteiger partial charge on any atom is -0.493 e. The van der Waals surface area contributed by atoms with E-state index in [9.17, 15) is 5.11 Å². The van der Waals surface area contributed by atoms with E-state index in [1.165, 1.54) is 32.1 Å². The molecule has 6 nitrogen and oxygen atoms in total. The summed E-state index contributed by atoms with van der Waals surface area (Å²) in [6, 6.07) is 11.9. The van der Waals surface area contributed by atoms with Crippen LogP contribution in [0.1, 0.15) is 43.4 Å². The Labute approximate surface area is 186 Å². The molecule has 0 spiro atoms. The Morgan fingerprint density at radius 3 is 2.61 bits per heavy atom. The lowest BCUT2D eigenvalue weighted by atomic mass is 10.1. The highest BCUT2D eigenvalue weighted by Gasteiger charge is 2.15. The highest BCUT2D eigenvalue weighted by Crippen LogP contribution is 2.28. The van der Waals surface area contributed by atoms with Gasteiger partial charge >= 0.3 is 0 Å². The van der Waals surface area contributed by atoms with E-state index in [4.69, 9.17) is 9.47 Å². The predicted octanol–water partition coefficient (Wildman–Crippen LogP) is 3.43. The van der Waals surface area contributed by atoms with Gasteiger partial charge in [0.15, 0.2) is 11.5 Å². The lowest BCUT2D eigenvalue weighted by Gasteiger charge is -2.26. The Hall–Kier alpha value is -2.15. The van der Waals surface area contributed by atoms with Crippen molar-refractivity contribution < 1.29 is 14.6 Å². The van der Waals surface area contributed by atoms with Crippen LogP contribution in [0.4, 0.5) is 0 Å². The quantitative estimate of drug-likeness (QED) is 0.536. The first-order valence-electron chi connectivity index (χ1n) is 11.6. The van der Waals surface area contributed by atoms with E-state index in [0.29, 0.717) is 18.0 Å². The molecule has 1 aliphatic rings. The van der Waals surface area contributed by atoms with Crippen molar-refractivity contribution in [3.05, 3.63) is 53.9 Å². The first kappa shape index (κ1) is 23.5. The highest BCUT2D eigenvalue weighted by atomic mass is 16.5. The standard InChI is InChI=1S/C25H37N3O3/c1-30-25-17-21(18-26-14-12-22-9-5-6-13-27-22)10-11-24(25)31-20-23(29)19-28-15-7-3-2-4-8-16-28/h5-6,9-11,13,17,23,26,29H,2-4,7-8,12,14-16,18-20H2,1H3. The minimum atomic E-state index is -0.503. The number of aliphatic hydroxyl groups is 1. The number of ether oxygens (including phenoxy) is 2. The van der Waals surface area contributed by atoms with Gasteiger partial charge in [0.05, 0.1) is 7.11 Å². The normalized spacial score (nSPS) is 16.3. The molecule has 31 heavy (non-hydrogen) atoms. The maximum Gasteiger partial charge on any atom is 0.161 e. The van der Waals surface area contributed by atoms with Gasteiger partial charge in [0.2, 0.25) is 0 Å². The van der Waals surface area contributed by atoms with Crippen LogP contribution < -0.4 is 14.8 Å². The van der Waals surface area contributed by atoms with E-state index in [2.05, 4.69) is 15.2 Å². The van der Waals surface area contributed by atoms with Gasteiger partial charge in [-0.3, -0.25) is 4.98 Å². The molecule has 0 saturated carbocycles. The van der Waals surface area contributed by atoms with Crippen molar-refractivity contribution in [2.75, 3.05) is 39.9 Å². The van der Waals surface area contributed by atoms with Crippen molar-refractivity contribution >= 4 is 0 Å². The summed E-state index contributed by atoms with van der Waals surface area (Å²) in [6.45, 7) is 4.70. The number of rotatable bonds is 11. The van der Waals surface area contributed by atoms with Crippen LogP contribution in [0.2, 0.25) is 0 Å². The third-order valence-electron chi connectivity index (χ3n) is 5.69. The van der Waals surface area contributed by atoms with Crippen molar-refractivity contribution in [1.82, 2.24) is 15.2 Å². The fourth-order valence-corrected chi connectivity index (χ4v) is 3.97. The number of hydrogen-bond acceptors (Lipinski definition) is 6. The van der Waals surface area contributed by atoms with Gasteiger partial charge in [0.25, 0.3) is 0 Å². The van der Waals surface area contributed by atoms with Crippen LogP contribution in [-0.2, 0) is 13.0 Å². The van der Waals surface area contributed by atoms with Crippen molar-refractivity contribution in [2.24, 2.45) is 0 Å². The van der Waals surface area contributed by atoms with Crippen LogP contribution in [0.5, 0.6) is 11.5 Å². The van der Waals surface area contributed by atoms with Crippen molar-refractivity contribution in [3.63, 3.8) is 0 Å². The Balaban J connectivity index is 1.42. The fraction of sp³-hybridized carbons (Fsp3) is 0.560. The van der Waals surface area contributed by atoms with Gasteiger partial charge in [-0.25, -0.2) is 0 Å². The van der Waals surface area contributed by atoms with E-state index in [1.807, 2.05) is 42.6 Å². The molecule has 6 heteroatoms. The molecule has 0 bridgehead atoms. The molecule has 1 saturated heterocycles. The van der Waals surface area contributed by atoms with Gasteiger partial charge in [-0.1, -0.05) is 31.4 Å². The van der Waals surface area contributed by atoms with Crippen LogP contribution >= 0.6 is 0 Å². The topological polar surface area (TPSA) is 66.8 Å². The monoisotopic (exact) mass is 427 g/mol. The summed E-state index contributed by atoms with van der Waals surface area (Å²) < 4.78 is 11.4. The number of nitrogens with zero attached hydrogens (tertiary/aromatic N) is 2. The zero-order valence-electron chi connectivity index (χ0n) is 18.8. The van der Waals surface area contributed by atoms with Crippen molar-refractivity contribution in [3.8, 4) is 11.5 Å². The zero-order chi connectivity index (χ0) is 21.7. The average molecular weight is 428 g/mol. The molecule has 2 N–H and O–H groups in total. The first-order chi connectivity index (χ1) is 15.2. The molecule has 1 aromatic carbocycles. The maximum absolute atomic E-state index is 10.5. The Kier molecular flexibility index (Phi) is 10.1. The summed E-state index contributed by atoms with van der Waals surface area (Å²) in [7, 11) is 1.65. The van der Waals surface area contributed by atoms with Crippen LogP contribution in [0.15, 0.2) is 42.6 Å². The van der Waals surface area contributed by atoms with Crippen molar-refractivity contribution in [1.29, 1.82) is 0 Å². The smallest absolute Gasteiger partial charge is 0.161 e. The van der Waals surface area contributed by atoms with Gasteiger partial charge in [0.1, 0.15) is 12.7 Å². The number of likely N-dealkylation sites (tertiary alicyclic amines) is 1. The van der Waals surface area contributed by atoms with Crippen LogP contribution in [0.3, 0.4) is 0 Å². The van der Waals surface area contributed by atoms with Gasteiger partial charge in [-0.05, 0) is 55.8 Å². The molecule has 0 aliphatic carbocycles. The molecule has 1 unspecified atom stereocenters. The van der Waals surface area contributed by atoms with E-state index >= 15 is 0 Å². The summed E-state index contributed by atoms with van der Waals surface area (Å²) in [5.41, 5.74) is 2.22. The number of aliphatic hydroxyl groups excluding tert-OH is 1. The van der Waals surface area contributed by atoms with E-state index in [1.54, 1.807) is 7.11 Å². The molecule has 1 atom stereocenters. The second-order valence-electron chi connectivity index (χ2n) is 8.27. The molecule has 1 aromatic heterocycles. The summed E-state index contributed by atoms with van der Waals surface area (Å²) in [6.07, 6.45) is 8.60. The second kappa shape index (κ2) is 13.3. The molecule has 170 valence electrons. The van der Waals surface area contributed by atoms with Crippen LogP contribution in [-0.4, -0.2) is 61.0 Å². The summed E-state index contributed by atoms with van der Waals surface area (Å²) in [4.78, 5) is 6.71. The number of β-amino-alcohol motifs (C(OH)–C–C–N with tert-alkyl or cyclic N) is 1. The molecule has 0 amide bonds. The van der Waals surface area contributed by atoms with Gasteiger partial charge in [-0.2, -0.15) is 0 Å². The number of aromatic nitrogens is 1. The van der Waals surface area contributed by atoms with Crippen LogP contribution in [0, 0.1) is 0 Å². The second-order valence-corrected chi connectivity index (χ2v) is 8.27. The van der Waals surface area contributed by atoms with Gasteiger partial charge in [0, 0.05) is 37.9 Å². The predicted molar refractivity (Wildman–Crippen MR) is 124 cm³/mol.